The third-order valence-corrected chi connectivity index (χ3v) is 3.10. The van der Waals surface area contributed by atoms with Crippen molar-refractivity contribution < 1.29 is 32.2 Å². The minimum atomic E-state index is -1.95. The predicted molar refractivity (Wildman–Crippen MR) is 82.4 cm³/mol. The van der Waals surface area contributed by atoms with Crippen LogP contribution < -0.4 is 15.4 Å². The number of thiocarbonyl (C=S) groups is 1. The van der Waals surface area contributed by atoms with E-state index in [0.29, 0.717) is 0 Å². The molecule has 0 saturated heterocycles. The Balaban J connectivity index is 2.27. The minimum Gasteiger partial charge on any atom is -0.504 e. The van der Waals surface area contributed by atoms with Crippen molar-refractivity contribution >= 4 is 29.1 Å². The molecule has 1 aromatic carbocycles. The molecule has 3 N–H and O–H groups in total. The molecule has 0 spiro atoms. The first kappa shape index (κ1) is 18.4. The molecule has 25 heavy (non-hydrogen) atoms. The summed E-state index contributed by atoms with van der Waals surface area (Å²) in [6.45, 7) is 0. The second kappa shape index (κ2) is 7.30. The van der Waals surface area contributed by atoms with E-state index in [9.17, 15) is 27.5 Å². The molecule has 0 aliphatic rings. The van der Waals surface area contributed by atoms with Crippen LogP contribution in [0.4, 0.5) is 23.4 Å². The van der Waals surface area contributed by atoms with Gasteiger partial charge in [0, 0.05) is 6.20 Å². The van der Waals surface area contributed by atoms with E-state index in [1.165, 1.54) is 18.3 Å². The Morgan fingerprint density at radius 2 is 1.80 bits per heavy atom. The van der Waals surface area contributed by atoms with Crippen LogP contribution in [0.1, 0.15) is 10.4 Å². The van der Waals surface area contributed by atoms with Crippen molar-refractivity contribution in [2.45, 2.75) is 0 Å². The highest BCUT2D eigenvalue weighted by atomic mass is 32.1. The third-order valence-electron chi connectivity index (χ3n) is 2.90. The Labute approximate surface area is 143 Å². The minimum absolute atomic E-state index is 0.152. The fourth-order valence-corrected chi connectivity index (χ4v) is 1.98. The fraction of sp³-hybridized carbons (Fsp3) is 0.0714. The van der Waals surface area contributed by atoms with Crippen LogP contribution in [0, 0.1) is 23.3 Å². The Morgan fingerprint density at radius 3 is 2.32 bits per heavy atom. The molecule has 0 aliphatic carbocycles. The number of hydrogen-bond acceptors (Lipinski definition) is 5. The van der Waals surface area contributed by atoms with E-state index in [1.807, 2.05) is 5.32 Å². The SMILES string of the molecule is COc1c(F)c(F)c(C(=O)NC(=S)Nc2ncccc2O)c(F)c1F. The van der Waals surface area contributed by atoms with Gasteiger partial charge in [-0.2, -0.15) is 8.78 Å². The second-order valence-electron chi connectivity index (χ2n) is 4.44. The molecular formula is C14H9F4N3O3S. The van der Waals surface area contributed by atoms with Crippen LogP contribution in [-0.2, 0) is 0 Å². The highest BCUT2D eigenvalue weighted by molar-refractivity contribution is 7.80. The number of benzene rings is 1. The van der Waals surface area contributed by atoms with Crippen molar-refractivity contribution in [1.29, 1.82) is 0 Å². The maximum Gasteiger partial charge on any atom is 0.263 e. The Kier molecular flexibility index (Phi) is 5.37. The first-order valence-corrected chi connectivity index (χ1v) is 6.85. The van der Waals surface area contributed by atoms with Gasteiger partial charge in [-0.05, 0) is 24.4 Å². The zero-order valence-electron chi connectivity index (χ0n) is 12.4. The summed E-state index contributed by atoms with van der Waals surface area (Å²) in [5.74, 6) is -11.0. The molecule has 0 atom stereocenters. The van der Waals surface area contributed by atoms with Crippen molar-refractivity contribution in [2.24, 2.45) is 0 Å². The number of aromatic nitrogens is 1. The normalized spacial score (nSPS) is 10.3. The van der Waals surface area contributed by atoms with Crippen LogP contribution in [0.25, 0.3) is 0 Å². The van der Waals surface area contributed by atoms with Crippen molar-refractivity contribution in [1.82, 2.24) is 10.3 Å². The van der Waals surface area contributed by atoms with Gasteiger partial charge < -0.3 is 15.2 Å². The van der Waals surface area contributed by atoms with Gasteiger partial charge in [0.05, 0.1) is 7.11 Å². The van der Waals surface area contributed by atoms with Crippen LogP contribution in [0.5, 0.6) is 11.5 Å². The number of amides is 1. The monoisotopic (exact) mass is 375 g/mol. The average molecular weight is 375 g/mol. The van der Waals surface area contributed by atoms with Crippen molar-refractivity contribution in [3.8, 4) is 11.5 Å². The van der Waals surface area contributed by atoms with Crippen LogP contribution in [0.15, 0.2) is 18.3 Å². The van der Waals surface area contributed by atoms with Gasteiger partial charge in [-0.25, -0.2) is 13.8 Å². The molecule has 2 rings (SSSR count). The van der Waals surface area contributed by atoms with E-state index < -0.39 is 45.6 Å². The molecule has 0 aliphatic heterocycles. The molecule has 6 nitrogen and oxygen atoms in total. The molecule has 1 heterocycles. The van der Waals surface area contributed by atoms with Crippen molar-refractivity contribution in [3.63, 3.8) is 0 Å². The van der Waals surface area contributed by atoms with Crippen LogP contribution in [-0.4, -0.2) is 28.2 Å². The summed E-state index contributed by atoms with van der Waals surface area (Å²) in [5, 5.41) is 13.1. The van der Waals surface area contributed by atoms with Gasteiger partial charge in [0.25, 0.3) is 5.91 Å². The lowest BCUT2D eigenvalue weighted by Crippen LogP contribution is -2.35. The molecule has 11 heteroatoms. The zero-order valence-corrected chi connectivity index (χ0v) is 13.2. The van der Waals surface area contributed by atoms with Gasteiger partial charge in [0.15, 0.2) is 34.1 Å². The summed E-state index contributed by atoms with van der Waals surface area (Å²) >= 11 is 4.72. The summed E-state index contributed by atoms with van der Waals surface area (Å²) in [6, 6.07) is 2.67. The fourth-order valence-electron chi connectivity index (χ4n) is 1.79. The van der Waals surface area contributed by atoms with Crippen molar-refractivity contribution in [3.05, 3.63) is 47.2 Å². The lowest BCUT2D eigenvalue weighted by Gasteiger charge is -2.12. The molecule has 0 bridgehead atoms. The number of rotatable bonds is 3. The lowest BCUT2D eigenvalue weighted by atomic mass is 10.1. The largest absolute Gasteiger partial charge is 0.504 e. The number of carbonyl (C=O) groups excluding carboxylic acids is 1. The predicted octanol–water partition coefficient (Wildman–Crippen LogP) is 2.48. The number of carbonyl (C=O) groups is 1. The summed E-state index contributed by atoms with van der Waals surface area (Å²) in [7, 11) is 0.804. The number of anilines is 1. The first-order valence-electron chi connectivity index (χ1n) is 6.44. The van der Waals surface area contributed by atoms with E-state index in [4.69, 9.17) is 12.2 Å². The topological polar surface area (TPSA) is 83.5 Å². The van der Waals surface area contributed by atoms with Crippen LogP contribution in [0.2, 0.25) is 0 Å². The number of ether oxygens (including phenoxy) is 1. The number of hydrogen-bond donors (Lipinski definition) is 3. The standard InChI is InChI=1S/C14H9F4N3O3S/c1-24-11-9(17)7(15)6(8(16)10(11)18)13(23)21-14(25)20-12-5(22)3-2-4-19-12/h2-4,22H,1H3,(H2,19,20,21,23,25). The number of halogens is 4. The summed E-state index contributed by atoms with van der Waals surface area (Å²) in [6.07, 6.45) is 1.29. The van der Waals surface area contributed by atoms with Gasteiger partial charge in [0.1, 0.15) is 5.56 Å². The number of methoxy groups -OCH3 is 1. The van der Waals surface area contributed by atoms with E-state index in [0.717, 1.165) is 7.11 Å². The van der Waals surface area contributed by atoms with Gasteiger partial charge in [-0.3, -0.25) is 10.1 Å². The molecule has 1 aromatic heterocycles. The molecule has 2 aromatic rings. The van der Waals surface area contributed by atoms with E-state index in [1.54, 1.807) is 0 Å². The van der Waals surface area contributed by atoms with Gasteiger partial charge in [0.2, 0.25) is 11.6 Å². The molecule has 1 amide bonds. The zero-order chi connectivity index (χ0) is 18.7. The van der Waals surface area contributed by atoms with E-state index in [-0.39, 0.29) is 11.6 Å². The van der Waals surface area contributed by atoms with Gasteiger partial charge in [-0.1, -0.05) is 0 Å². The molecule has 0 radical (unpaired) electrons. The maximum absolute atomic E-state index is 13.8. The molecule has 0 unspecified atom stereocenters. The van der Waals surface area contributed by atoms with E-state index >= 15 is 0 Å². The maximum atomic E-state index is 13.8. The summed E-state index contributed by atoms with van der Waals surface area (Å²) in [5.41, 5.74) is -1.52. The lowest BCUT2D eigenvalue weighted by molar-refractivity contribution is 0.0966. The summed E-state index contributed by atoms with van der Waals surface area (Å²) < 4.78 is 59.1. The number of nitrogens with zero attached hydrogens (tertiary/aromatic N) is 1. The number of pyridine rings is 1. The average Bonchev–Trinajstić information content (AvgIpc) is 2.56. The van der Waals surface area contributed by atoms with Gasteiger partial charge >= 0.3 is 0 Å². The second-order valence-corrected chi connectivity index (χ2v) is 4.85. The first-order chi connectivity index (χ1) is 11.8. The number of aromatic hydroxyl groups is 1. The Hall–Kier alpha value is -2.95. The quantitative estimate of drug-likeness (QED) is 0.434. The van der Waals surface area contributed by atoms with Crippen LogP contribution in [0.3, 0.4) is 0 Å². The smallest absolute Gasteiger partial charge is 0.263 e. The third kappa shape index (κ3) is 3.60. The molecule has 132 valence electrons. The van der Waals surface area contributed by atoms with E-state index in [2.05, 4.69) is 15.0 Å². The molecule has 0 fully saturated rings. The molecule has 0 saturated carbocycles. The van der Waals surface area contributed by atoms with Crippen molar-refractivity contribution in [2.75, 3.05) is 12.4 Å². The number of nitrogens with one attached hydrogen (secondary N) is 2. The highest BCUT2D eigenvalue weighted by Gasteiger charge is 2.30. The summed E-state index contributed by atoms with van der Waals surface area (Å²) in [4.78, 5) is 15.6. The Bertz CT molecular complexity index is 834. The Morgan fingerprint density at radius 1 is 1.20 bits per heavy atom. The molecular weight excluding hydrogens is 366 g/mol. The highest BCUT2D eigenvalue weighted by Crippen LogP contribution is 2.29. The van der Waals surface area contributed by atoms with Crippen LogP contribution >= 0.6 is 12.2 Å². The van der Waals surface area contributed by atoms with Gasteiger partial charge in [-0.15, -0.1) is 0 Å².